The van der Waals surface area contributed by atoms with E-state index in [-0.39, 0.29) is 17.9 Å². The quantitative estimate of drug-likeness (QED) is 0.760. The Bertz CT molecular complexity index is 318. The molecule has 4 nitrogen and oxygen atoms in total. The smallest absolute Gasteiger partial charge is 0.227 e. The van der Waals surface area contributed by atoms with Crippen LogP contribution in [0.1, 0.15) is 51.9 Å². The highest BCUT2D eigenvalue weighted by molar-refractivity contribution is 5.80. The van der Waals surface area contributed by atoms with E-state index in [0.29, 0.717) is 25.1 Å². The molecule has 0 radical (unpaired) electrons. The van der Waals surface area contributed by atoms with Gasteiger partial charge in [-0.3, -0.25) is 4.79 Å². The first-order valence-electron chi connectivity index (χ1n) is 8.20. The molecule has 2 aliphatic carbocycles. The van der Waals surface area contributed by atoms with E-state index in [0.717, 1.165) is 19.3 Å². The summed E-state index contributed by atoms with van der Waals surface area (Å²) >= 11 is 0. The van der Waals surface area contributed by atoms with Crippen molar-refractivity contribution in [3.63, 3.8) is 0 Å². The van der Waals surface area contributed by atoms with E-state index >= 15 is 0 Å². The number of rotatable bonds is 6. The van der Waals surface area contributed by atoms with E-state index in [1.54, 1.807) is 7.11 Å². The van der Waals surface area contributed by atoms with E-state index in [1.807, 2.05) is 0 Å². The minimum atomic E-state index is 0.0237. The summed E-state index contributed by atoms with van der Waals surface area (Å²) in [5.74, 6) is 0.990. The summed E-state index contributed by atoms with van der Waals surface area (Å²) in [6.07, 6.45) is 7.99. The molecule has 116 valence electrons. The number of methoxy groups -OCH3 is 1. The largest absolute Gasteiger partial charge is 0.383 e. The van der Waals surface area contributed by atoms with Gasteiger partial charge in [0.25, 0.3) is 0 Å². The van der Waals surface area contributed by atoms with Gasteiger partial charge in [-0.25, -0.2) is 0 Å². The van der Waals surface area contributed by atoms with Crippen molar-refractivity contribution in [2.45, 2.75) is 64.0 Å². The molecule has 0 bridgehead atoms. The average Bonchev–Trinajstić information content (AvgIpc) is 3.26. The highest BCUT2D eigenvalue weighted by Crippen LogP contribution is 2.36. The Morgan fingerprint density at radius 3 is 2.60 bits per heavy atom. The summed E-state index contributed by atoms with van der Waals surface area (Å²) in [6, 6.07) is 0.384. The summed E-state index contributed by atoms with van der Waals surface area (Å²) in [4.78, 5) is 15.0. The first-order valence-corrected chi connectivity index (χ1v) is 8.20. The zero-order chi connectivity index (χ0) is 14.5. The van der Waals surface area contributed by atoms with Gasteiger partial charge in [0.2, 0.25) is 5.91 Å². The summed E-state index contributed by atoms with van der Waals surface area (Å²) in [5, 5.41) is 0. The summed E-state index contributed by atoms with van der Waals surface area (Å²) in [5.41, 5.74) is 6.26. The number of nitrogens with two attached hydrogens (primary N) is 1. The zero-order valence-corrected chi connectivity index (χ0v) is 13.0. The zero-order valence-electron chi connectivity index (χ0n) is 13.0. The number of hydrogen-bond acceptors (Lipinski definition) is 3. The van der Waals surface area contributed by atoms with Gasteiger partial charge >= 0.3 is 0 Å². The highest BCUT2D eigenvalue weighted by atomic mass is 16.5. The molecule has 2 rings (SSSR count). The predicted molar refractivity (Wildman–Crippen MR) is 80.3 cm³/mol. The van der Waals surface area contributed by atoms with Crippen molar-refractivity contribution in [1.29, 1.82) is 0 Å². The molecule has 0 heterocycles. The van der Waals surface area contributed by atoms with Gasteiger partial charge in [0.05, 0.1) is 12.5 Å². The minimum absolute atomic E-state index is 0.0237. The van der Waals surface area contributed by atoms with Gasteiger partial charge in [-0.15, -0.1) is 0 Å². The summed E-state index contributed by atoms with van der Waals surface area (Å²) in [7, 11) is 1.70. The lowest BCUT2D eigenvalue weighted by Crippen LogP contribution is -2.49. The van der Waals surface area contributed by atoms with Gasteiger partial charge in [0, 0.05) is 25.7 Å². The second-order valence-electron chi connectivity index (χ2n) is 6.51. The van der Waals surface area contributed by atoms with Crippen LogP contribution in [0, 0.1) is 11.8 Å². The standard InChI is InChI=1S/C16H30N2O2/c1-12(13-8-9-13)18(10-11-20-2)16(19)14-6-4-3-5-7-15(14)17/h12-15H,3-11,17H2,1-2H3. The van der Waals surface area contributed by atoms with Crippen LogP contribution in [-0.4, -0.2) is 43.2 Å². The van der Waals surface area contributed by atoms with Crippen LogP contribution in [0.15, 0.2) is 0 Å². The maximum absolute atomic E-state index is 12.9. The van der Waals surface area contributed by atoms with Gasteiger partial charge in [-0.1, -0.05) is 19.3 Å². The Morgan fingerprint density at radius 2 is 1.95 bits per heavy atom. The third kappa shape index (κ3) is 3.95. The van der Waals surface area contributed by atoms with Crippen molar-refractivity contribution in [2.24, 2.45) is 17.6 Å². The average molecular weight is 282 g/mol. The van der Waals surface area contributed by atoms with Crippen LogP contribution in [0.4, 0.5) is 0 Å². The van der Waals surface area contributed by atoms with Gasteiger partial charge in [0.1, 0.15) is 0 Å². The molecule has 0 aromatic heterocycles. The Morgan fingerprint density at radius 1 is 1.25 bits per heavy atom. The number of ether oxygens (including phenoxy) is 1. The van der Waals surface area contributed by atoms with Gasteiger partial charge in [-0.05, 0) is 38.5 Å². The predicted octanol–water partition coefficient (Wildman–Crippen LogP) is 2.17. The lowest BCUT2D eigenvalue weighted by Gasteiger charge is -2.34. The number of nitrogens with zero attached hydrogens (tertiary/aromatic N) is 1. The van der Waals surface area contributed by atoms with Crippen LogP contribution in [0.3, 0.4) is 0 Å². The molecule has 2 saturated carbocycles. The molecule has 2 fully saturated rings. The fourth-order valence-electron chi connectivity index (χ4n) is 3.39. The molecule has 2 N–H and O–H groups in total. The molecular formula is C16H30N2O2. The van der Waals surface area contributed by atoms with Crippen LogP contribution in [0.2, 0.25) is 0 Å². The number of carbonyl (C=O) groups is 1. The molecule has 0 aromatic rings. The first kappa shape index (κ1) is 15.8. The molecule has 4 heteroatoms. The first-order chi connectivity index (χ1) is 9.65. The van der Waals surface area contributed by atoms with Crippen molar-refractivity contribution in [3.05, 3.63) is 0 Å². The Hall–Kier alpha value is -0.610. The third-order valence-corrected chi connectivity index (χ3v) is 5.00. The summed E-state index contributed by atoms with van der Waals surface area (Å²) < 4.78 is 5.19. The van der Waals surface area contributed by atoms with E-state index < -0.39 is 0 Å². The van der Waals surface area contributed by atoms with Gasteiger partial charge in [0.15, 0.2) is 0 Å². The van der Waals surface area contributed by atoms with Crippen molar-refractivity contribution >= 4 is 5.91 Å². The Kier molecular flexibility index (Phi) is 5.85. The topological polar surface area (TPSA) is 55.6 Å². The lowest BCUT2D eigenvalue weighted by molar-refractivity contribution is -0.139. The van der Waals surface area contributed by atoms with Crippen molar-refractivity contribution < 1.29 is 9.53 Å². The van der Waals surface area contributed by atoms with E-state index in [1.165, 1.54) is 25.7 Å². The lowest BCUT2D eigenvalue weighted by atomic mass is 9.93. The van der Waals surface area contributed by atoms with Crippen molar-refractivity contribution in [2.75, 3.05) is 20.3 Å². The fourth-order valence-corrected chi connectivity index (χ4v) is 3.39. The van der Waals surface area contributed by atoms with E-state index in [2.05, 4.69) is 11.8 Å². The van der Waals surface area contributed by atoms with E-state index in [9.17, 15) is 4.79 Å². The summed E-state index contributed by atoms with van der Waals surface area (Å²) in [6.45, 7) is 3.51. The van der Waals surface area contributed by atoms with Gasteiger partial charge in [-0.2, -0.15) is 0 Å². The molecule has 20 heavy (non-hydrogen) atoms. The van der Waals surface area contributed by atoms with Crippen LogP contribution in [0.25, 0.3) is 0 Å². The second-order valence-corrected chi connectivity index (χ2v) is 6.51. The van der Waals surface area contributed by atoms with E-state index in [4.69, 9.17) is 10.5 Å². The molecule has 3 unspecified atom stereocenters. The van der Waals surface area contributed by atoms with Crippen molar-refractivity contribution in [1.82, 2.24) is 4.90 Å². The number of amides is 1. The molecule has 0 aromatic carbocycles. The second kappa shape index (κ2) is 7.41. The number of carbonyl (C=O) groups excluding carboxylic acids is 1. The molecule has 0 aliphatic heterocycles. The van der Waals surface area contributed by atoms with Gasteiger partial charge < -0.3 is 15.4 Å². The third-order valence-electron chi connectivity index (χ3n) is 5.00. The van der Waals surface area contributed by atoms with Crippen LogP contribution >= 0.6 is 0 Å². The van der Waals surface area contributed by atoms with Crippen LogP contribution in [0.5, 0.6) is 0 Å². The maximum atomic E-state index is 12.9. The molecule has 3 atom stereocenters. The molecular weight excluding hydrogens is 252 g/mol. The Balaban J connectivity index is 2.02. The molecule has 0 spiro atoms. The fraction of sp³-hybridized carbons (Fsp3) is 0.938. The molecule has 1 amide bonds. The molecule has 0 saturated heterocycles. The van der Waals surface area contributed by atoms with Crippen LogP contribution < -0.4 is 5.73 Å². The Labute approximate surface area is 123 Å². The monoisotopic (exact) mass is 282 g/mol. The number of hydrogen-bond donors (Lipinski definition) is 1. The minimum Gasteiger partial charge on any atom is -0.383 e. The highest BCUT2D eigenvalue weighted by Gasteiger charge is 2.38. The normalized spacial score (nSPS) is 28.8. The van der Waals surface area contributed by atoms with Crippen molar-refractivity contribution in [3.8, 4) is 0 Å². The molecule has 2 aliphatic rings. The maximum Gasteiger partial charge on any atom is 0.227 e. The van der Waals surface area contributed by atoms with Crippen LogP contribution in [-0.2, 0) is 9.53 Å². The SMILES string of the molecule is COCCN(C(=O)C1CCCCCC1N)C(C)C1CC1.